The maximum atomic E-state index is 12.2. The van der Waals surface area contributed by atoms with Gasteiger partial charge in [-0.25, -0.2) is 0 Å². The van der Waals surface area contributed by atoms with E-state index in [1.165, 1.54) is 18.2 Å². The van der Waals surface area contributed by atoms with Crippen molar-refractivity contribution < 1.29 is 34.1 Å². The van der Waals surface area contributed by atoms with Gasteiger partial charge in [0.1, 0.15) is 17.2 Å². The first-order valence-corrected chi connectivity index (χ1v) is 9.43. The fourth-order valence-corrected chi connectivity index (χ4v) is 2.65. The quantitative estimate of drug-likeness (QED) is 0.531. The molecule has 2 aromatic carbocycles. The molecule has 8 nitrogen and oxygen atoms in total. The van der Waals surface area contributed by atoms with Crippen LogP contribution in [0.5, 0.6) is 17.2 Å². The van der Waals surface area contributed by atoms with Crippen molar-refractivity contribution in [1.82, 2.24) is 5.32 Å². The number of aliphatic carboxylic acids is 1. The molecule has 0 saturated heterocycles. The van der Waals surface area contributed by atoms with Crippen molar-refractivity contribution in [1.29, 1.82) is 0 Å². The lowest BCUT2D eigenvalue weighted by Gasteiger charge is -2.21. The Bertz CT molecular complexity index is 880. The third-order valence-electron chi connectivity index (χ3n) is 4.08. The van der Waals surface area contributed by atoms with Crippen LogP contribution in [-0.4, -0.2) is 42.0 Å². The van der Waals surface area contributed by atoms with Crippen LogP contribution in [0.3, 0.4) is 0 Å². The highest BCUT2D eigenvalue weighted by atomic mass is 16.5. The van der Waals surface area contributed by atoms with Crippen LogP contribution in [0.1, 0.15) is 30.6 Å². The Kier molecular flexibility index (Phi) is 8.22. The number of benzene rings is 2. The third kappa shape index (κ3) is 7.12. The first-order chi connectivity index (χ1) is 14.3. The molecule has 1 atom stereocenters. The number of Topliss-reactive ketones (excluding diaryl/α,β-unsaturated/α-hetero) is 1. The largest absolute Gasteiger partial charge is 0.548 e. The van der Waals surface area contributed by atoms with Gasteiger partial charge in [-0.2, -0.15) is 0 Å². The van der Waals surface area contributed by atoms with Gasteiger partial charge < -0.3 is 29.8 Å². The van der Waals surface area contributed by atoms with Crippen LogP contribution in [0.15, 0.2) is 48.5 Å². The smallest absolute Gasteiger partial charge is 0.258 e. The molecule has 0 aliphatic rings. The molecule has 0 aliphatic carbocycles. The number of rotatable bonds is 11. The van der Waals surface area contributed by atoms with Gasteiger partial charge in [0, 0.05) is 6.07 Å². The number of hydrogen-bond donors (Lipinski definition) is 2. The zero-order valence-corrected chi connectivity index (χ0v) is 16.8. The van der Waals surface area contributed by atoms with Crippen molar-refractivity contribution >= 4 is 17.7 Å². The summed E-state index contributed by atoms with van der Waals surface area (Å²) < 4.78 is 10.6. The fourth-order valence-electron chi connectivity index (χ4n) is 2.65. The molecule has 0 aliphatic heterocycles. The number of phenolic OH excluding ortho intramolecular Hbond substituents is 1. The molecule has 2 N–H and O–H groups in total. The SMILES string of the molecule is CC(C)C[C@H](NC(=O)COc1ccc(C(=O)COc2ccccc2)c(O)c1)C(=O)[O-]. The van der Waals surface area contributed by atoms with E-state index in [-0.39, 0.29) is 36.0 Å². The zero-order valence-electron chi connectivity index (χ0n) is 16.8. The highest BCUT2D eigenvalue weighted by Gasteiger charge is 2.17. The topological polar surface area (TPSA) is 125 Å². The van der Waals surface area contributed by atoms with Crippen molar-refractivity contribution in [2.24, 2.45) is 5.92 Å². The number of para-hydroxylation sites is 1. The van der Waals surface area contributed by atoms with Gasteiger partial charge in [-0.05, 0) is 36.6 Å². The number of phenols is 1. The Balaban J connectivity index is 1.89. The second-order valence-electron chi connectivity index (χ2n) is 7.06. The second-order valence-corrected chi connectivity index (χ2v) is 7.06. The predicted octanol–water partition coefficient (Wildman–Crippen LogP) is 1.31. The summed E-state index contributed by atoms with van der Waals surface area (Å²) in [5.41, 5.74) is 0.0525. The lowest BCUT2D eigenvalue weighted by Crippen LogP contribution is -2.49. The molecule has 0 spiro atoms. The lowest BCUT2D eigenvalue weighted by atomic mass is 10.0. The highest BCUT2D eigenvalue weighted by molar-refractivity contribution is 5.99. The maximum absolute atomic E-state index is 12.2. The number of aromatic hydroxyl groups is 1. The van der Waals surface area contributed by atoms with E-state index in [0.717, 1.165) is 0 Å². The Morgan fingerprint density at radius 1 is 1.00 bits per heavy atom. The van der Waals surface area contributed by atoms with Crippen molar-refractivity contribution in [3.05, 3.63) is 54.1 Å². The van der Waals surface area contributed by atoms with E-state index in [2.05, 4.69) is 5.32 Å². The summed E-state index contributed by atoms with van der Waals surface area (Å²) in [6.07, 6.45) is 0.233. The minimum atomic E-state index is -1.37. The molecule has 0 heterocycles. The van der Waals surface area contributed by atoms with E-state index >= 15 is 0 Å². The molecule has 8 heteroatoms. The first-order valence-electron chi connectivity index (χ1n) is 9.43. The number of amides is 1. The average Bonchev–Trinajstić information content (AvgIpc) is 2.70. The number of nitrogens with one attached hydrogen (secondary N) is 1. The number of hydrogen-bond acceptors (Lipinski definition) is 7. The molecule has 0 aromatic heterocycles. The first kappa shape index (κ1) is 22.7. The molecule has 0 saturated carbocycles. The van der Waals surface area contributed by atoms with Crippen molar-refractivity contribution in [3.8, 4) is 17.2 Å². The van der Waals surface area contributed by atoms with Crippen LogP contribution in [0.2, 0.25) is 0 Å². The number of ketones is 1. The zero-order chi connectivity index (χ0) is 22.1. The van der Waals surface area contributed by atoms with Crippen molar-refractivity contribution in [3.63, 3.8) is 0 Å². The molecule has 2 rings (SSSR count). The van der Waals surface area contributed by atoms with Gasteiger partial charge in [0.15, 0.2) is 13.2 Å². The number of carboxylic acid groups (broad SMARTS) is 1. The number of carboxylic acids is 1. The van der Waals surface area contributed by atoms with E-state index in [0.29, 0.717) is 5.75 Å². The van der Waals surface area contributed by atoms with Gasteiger partial charge >= 0.3 is 0 Å². The van der Waals surface area contributed by atoms with Gasteiger partial charge in [0.05, 0.1) is 17.6 Å². The molecule has 0 unspecified atom stereocenters. The Labute approximate surface area is 174 Å². The number of carbonyl (C=O) groups is 3. The van der Waals surface area contributed by atoms with E-state index in [1.807, 2.05) is 19.9 Å². The number of ether oxygens (including phenoxy) is 2. The van der Waals surface area contributed by atoms with Gasteiger partial charge in [-0.3, -0.25) is 9.59 Å². The normalized spacial score (nSPS) is 11.6. The monoisotopic (exact) mass is 414 g/mol. The molecule has 1 amide bonds. The van der Waals surface area contributed by atoms with E-state index in [1.54, 1.807) is 24.3 Å². The van der Waals surface area contributed by atoms with Crippen LogP contribution >= 0.6 is 0 Å². The van der Waals surface area contributed by atoms with E-state index in [4.69, 9.17) is 9.47 Å². The Morgan fingerprint density at radius 3 is 2.27 bits per heavy atom. The molecular formula is C22H24NO7-. The van der Waals surface area contributed by atoms with Gasteiger partial charge in [0.2, 0.25) is 5.78 Å². The summed E-state index contributed by atoms with van der Waals surface area (Å²) in [6, 6.07) is 11.7. The van der Waals surface area contributed by atoms with Crippen LogP contribution in [-0.2, 0) is 9.59 Å². The highest BCUT2D eigenvalue weighted by Crippen LogP contribution is 2.24. The minimum Gasteiger partial charge on any atom is -0.548 e. The lowest BCUT2D eigenvalue weighted by molar-refractivity contribution is -0.308. The maximum Gasteiger partial charge on any atom is 0.258 e. The molecule has 2 aromatic rings. The van der Waals surface area contributed by atoms with Crippen LogP contribution in [0, 0.1) is 5.92 Å². The molecule has 0 fully saturated rings. The summed E-state index contributed by atoms with van der Waals surface area (Å²) in [7, 11) is 0. The van der Waals surface area contributed by atoms with Crippen LogP contribution < -0.4 is 19.9 Å². The second kappa shape index (κ2) is 10.8. The summed E-state index contributed by atoms with van der Waals surface area (Å²) in [6.45, 7) is 2.95. The van der Waals surface area contributed by atoms with Gasteiger partial charge in [-0.15, -0.1) is 0 Å². The summed E-state index contributed by atoms with van der Waals surface area (Å²) in [4.78, 5) is 35.3. The van der Waals surface area contributed by atoms with E-state index < -0.39 is 30.3 Å². The summed E-state index contributed by atoms with van der Waals surface area (Å²) in [5.74, 6) is -2.01. The average molecular weight is 414 g/mol. The van der Waals surface area contributed by atoms with Crippen molar-refractivity contribution in [2.45, 2.75) is 26.3 Å². The molecular weight excluding hydrogens is 390 g/mol. The van der Waals surface area contributed by atoms with Gasteiger partial charge in [-0.1, -0.05) is 32.0 Å². The Hall–Kier alpha value is -3.55. The van der Waals surface area contributed by atoms with Crippen LogP contribution in [0.25, 0.3) is 0 Å². The number of carbonyl (C=O) groups excluding carboxylic acids is 3. The van der Waals surface area contributed by atoms with E-state index in [9.17, 15) is 24.6 Å². The Morgan fingerprint density at radius 2 is 1.67 bits per heavy atom. The standard InChI is InChI=1S/C22H25NO7/c1-14(2)10-18(22(27)28)23-21(26)13-30-16-8-9-17(19(24)11-16)20(25)12-29-15-6-4-3-5-7-15/h3-9,11,14,18,24H,10,12-13H2,1-2H3,(H,23,26)(H,27,28)/p-1/t18-/m0/s1. The molecule has 30 heavy (non-hydrogen) atoms. The van der Waals surface area contributed by atoms with Crippen molar-refractivity contribution in [2.75, 3.05) is 13.2 Å². The molecule has 160 valence electrons. The predicted molar refractivity (Wildman–Crippen MR) is 106 cm³/mol. The summed E-state index contributed by atoms with van der Waals surface area (Å²) >= 11 is 0. The van der Waals surface area contributed by atoms with Crippen LogP contribution in [0.4, 0.5) is 0 Å². The third-order valence-corrected chi connectivity index (χ3v) is 4.08. The fraction of sp³-hybridized carbons (Fsp3) is 0.318. The summed E-state index contributed by atoms with van der Waals surface area (Å²) in [5, 5.41) is 23.5. The molecule has 0 radical (unpaired) electrons. The minimum absolute atomic E-state index is 0.0525. The van der Waals surface area contributed by atoms with Gasteiger partial charge in [0.25, 0.3) is 5.91 Å². The molecule has 0 bridgehead atoms.